The number of halogens is 1. The van der Waals surface area contributed by atoms with Gasteiger partial charge in [-0.25, -0.2) is 17.9 Å². The van der Waals surface area contributed by atoms with E-state index in [1.54, 1.807) is 0 Å². The van der Waals surface area contributed by atoms with Gasteiger partial charge in [0.2, 0.25) is 10.0 Å². The normalized spacial score (nSPS) is 15.9. The summed E-state index contributed by atoms with van der Waals surface area (Å²) in [5.41, 5.74) is 1.91. The fourth-order valence-corrected chi connectivity index (χ4v) is 4.35. The van der Waals surface area contributed by atoms with Crippen LogP contribution in [0.15, 0.2) is 41.3 Å². The first-order valence-electron chi connectivity index (χ1n) is 11.2. The second-order valence-electron chi connectivity index (χ2n) is 9.28. The molecule has 2 aromatic carbocycles. The van der Waals surface area contributed by atoms with Crippen LogP contribution < -0.4 is 20.1 Å². The average molecular weight is 496 g/mol. The number of aliphatic hydroxyl groups excluding tert-OH is 1. The smallest absolute Gasteiger partial charge is 0.238 e. The highest BCUT2D eigenvalue weighted by Crippen LogP contribution is 2.30. The Labute approximate surface area is 200 Å². The fraction of sp³-hybridized carbons (Fsp3) is 0.500. The molecular formula is C24H34FN3O5S. The Balaban J connectivity index is 1.55. The number of nitrogens with one attached hydrogen (secondary N) is 1. The van der Waals surface area contributed by atoms with Crippen LogP contribution in [0.3, 0.4) is 0 Å². The summed E-state index contributed by atoms with van der Waals surface area (Å²) >= 11 is 0. The van der Waals surface area contributed by atoms with E-state index in [4.69, 9.17) is 14.6 Å². The molecule has 4 N–H and O–H groups in total. The van der Waals surface area contributed by atoms with Crippen LogP contribution in [-0.2, 0) is 21.2 Å². The molecule has 1 atom stereocenters. The van der Waals surface area contributed by atoms with Crippen molar-refractivity contribution in [2.45, 2.75) is 43.7 Å². The molecule has 0 amide bonds. The minimum Gasteiger partial charge on any atom is -0.489 e. The third kappa shape index (κ3) is 7.38. The Bertz CT molecular complexity index is 1090. The van der Waals surface area contributed by atoms with E-state index in [-0.39, 0.29) is 24.5 Å². The molecule has 1 aliphatic heterocycles. The SMILES string of the molecule is Cc1ccc(OC[C@@H](O)CNC(C)(C)Cc2ccc(S(N)(=O)=O)cc2F)c(N2CCOCC2)c1. The number of aliphatic hydroxyl groups is 1. The summed E-state index contributed by atoms with van der Waals surface area (Å²) in [6, 6.07) is 9.60. The molecule has 2 aromatic rings. The van der Waals surface area contributed by atoms with Crippen molar-refractivity contribution < 1.29 is 27.4 Å². The van der Waals surface area contributed by atoms with Crippen LogP contribution in [0.4, 0.5) is 10.1 Å². The molecule has 8 nitrogen and oxygen atoms in total. The molecule has 1 fully saturated rings. The molecule has 0 saturated carbocycles. The van der Waals surface area contributed by atoms with E-state index in [0.717, 1.165) is 30.4 Å². The number of aryl methyl sites for hydroxylation is 1. The number of nitrogens with zero attached hydrogens (tertiary/aromatic N) is 1. The lowest BCUT2D eigenvalue weighted by molar-refractivity contribution is 0.0981. The first-order valence-corrected chi connectivity index (χ1v) is 12.8. The minimum atomic E-state index is -3.96. The Morgan fingerprint density at radius 2 is 1.94 bits per heavy atom. The Kier molecular flexibility index (Phi) is 8.53. The molecule has 34 heavy (non-hydrogen) atoms. The van der Waals surface area contributed by atoms with Crippen LogP contribution in [0, 0.1) is 12.7 Å². The van der Waals surface area contributed by atoms with E-state index >= 15 is 0 Å². The van der Waals surface area contributed by atoms with Crippen molar-refractivity contribution in [3.05, 3.63) is 53.3 Å². The summed E-state index contributed by atoms with van der Waals surface area (Å²) < 4.78 is 48.6. The molecule has 0 radical (unpaired) electrons. The van der Waals surface area contributed by atoms with Crippen LogP contribution in [0.1, 0.15) is 25.0 Å². The molecule has 1 aliphatic rings. The van der Waals surface area contributed by atoms with Gasteiger partial charge in [0.25, 0.3) is 0 Å². The van der Waals surface area contributed by atoms with E-state index in [0.29, 0.717) is 24.5 Å². The monoisotopic (exact) mass is 495 g/mol. The van der Waals surface area contributed by atoms with Crippen LogP contribution in [-0.4, -0.2) is 64.6 Å². The molecule has 0 bridgehead atoms. The van der Waals surface area contributed by atoms with Gasteiger partial charge in [-0.05, 0) is 62.6 Å². The van der Waals surface area contributed by atoms with Crippen LogP contribution in [0.25, 0.3) is 0 Å². The lowest BCUT2D eigenvalue weighted by atomic mass is 9.94. The Morgan fingerprint density at radius 1 is 1.24 bits per heavy atom. The van der Waals surface area contributed by atoms with Crippen molar-refractivity contribution in [2.75, 3.05) is 44.4 Å². The maximum Gasteiger partial charge on any atom is 0.238 e. The lowest BCUT2D eigenvalue weighted by Crippen LogP contribution is -2.46. The number of benzene rings is 2. The third-order valence-corrected chi connectivity index (χ3v) is 6.61. The molecule has 1 saturated heterocycles. The van der Waals surface area contributed by atoms with Crippen molar-refractivity contribution in [1.82, 2.24) is 5.32 Å². The number of primary sulfonamides is 1. The van der Waals surface area contributed by atoms with E-state index in [9.17, 15) is 17.9 Å². The number of nitrogens with two attached hydrogens (primary N) is 1. The summed E-state index contributed by atoms with van der Waals surface area (Å²) in [5.74, 6) is 0.0723. The third-order valence-electron chi connectivity index (χ3n) is 5.70. The van der Waals surface area contributed by atoms with E-state index in [2.05, 4.69) is 16.3 Å². The molecule has 1 heterocycles. The second kappa shape index (κ2) is 11.0. The maximum atomic E-state index is 14.4. The summed E-state index contributed by atoms with van der Waals surface area (Å²) in [6.45, 7) is 9.03. The zero-order valence-corrected chi connectivity index (χ0v) is 20.7. The topological polar surface area (TPSA) is 114 Å². The largest absolute Gasteiger partial charge is 0.489 e. The summed E-state index contributed by atoms with van der Waals surface area (Å²) in [6.07, 6.45) is -0.496. The molecule has 0 aromatic heterocycles. The number of hydrogen-bond acceptors (Lipinski definition) is 7. The highest BCUT2D eigenvalue weighted by Gasteiger charge is 2.23. The molecule has 0 unspecified atom stereocenters. The minimum absolute atomic E-state index is 0.0981. The average Bonchev–Trinajstić information content (AvgIpc) is 2.78. The van der Waals surface area contributed by atoms with Crippen LogP contribution >= 0.6 is 0 Å². The number of morpholine rings is 1. The van der Waals surface area contributed by atoms with Gasteiger partial charge in [-0.2, -0.15) is 0 Å². The number of hydrogen-bond donors (Lipinski definition) is 3. The van der Waals surface area contributed by atoms with Crippen molar-refractivity contribution in [3.63, 3.8) is 0 Å². The summed E-state index contributed by atoms with van der Waals surface area (Å²) in [4.78, 5) is 1.95. The van der Waals surface area contributed by atoms with Gasteiger partial charge in [-0.15, -0.1) is 0 Å². The number of rotatable bonds is 10. The first-order chi connectivity index (χ1) is 15.9. The van der Waals surface area contributed by atoms with Crippen LogP contribution in [0.5, 0.6) is 5.75 Å². The highest BCUT2D eigenvalue weighted by atomic mass is 32.2. The predicted octanol–water partition coefficient (Wildman–Crippen LogP) is 1.97. The van der Waals surface area contributed by atoms with E-state index in [1.165, 1.54) is 12.1 Å². The van der Waals surface area contributed by atoms with Crippen molar-refractivity contribution in [3.8, 4) is 5.75 Å². The van der Waals surface area contributed by atoms with Crippen molar-refractivity contribution in [1.29, 1.82) is 0 Å². The zero-order chi connectivity index (χ0) is 24.9. The van der Waals surface area contributed by atoms with Crippen molar-refractivity contribution in [2.24, 2.45) is 5.14 Å². The maximum absolute atomic E-state index is 14.4. The van der Waals surface area contributed by atoms with Gasteiger partial charge in [0, 0.05) is 25.2 Å². The van der Waals surface area contributed by atoms with Gasteiger partial charge >= 0.3 is 0 Å². The number of β-amino-alcohol motifs (C(OH)–C–C–N with tert-alkyl or cyclic N) is 1. The first kappa shape index (κ1) is 26.4. The quantitative estimate of drug-likeness (QED) is 0.462. The second-order valence-corrected chi connectivity index (χ2v) is 10.8. The van der Waals surface area contributed by atoms with Gasteiger partial charge in [0.1, 0.15) is 24.3 Å². The highest BCUT2D eigenvalue weighted by molar-refractivity contribution is 7.89. The number of anilines is 1. The predicted molar refractivity (Wildman–Crippen MR) is 129 cm³/mol. The van der Waals surface area contributed by atoms with E-state index in [1.807, 2.05) is 32.9 Å². The Morgan fingerprint density at radius 3 is 2.59 bits per heavy atom. The van der Waals surface area contributed by atoms with Gasteiger partial charge < -0.3 is 24.8 Å². The van der Waals surface area contributed by atoms with Gasteiger partial charge in [0.05, 0.1) is 23.8 Å². The lowest BCUT2D eigenvalue weighted by Gasteiger charge is -2.31. The van der Waals surface area contributed by atoms with Crippen molar-refractivity contribution >= 4 is 15.7 Å². The molecular weight excluding hydrogens is 461 g/mol. The standard InChI is InChI=1S/C24H34FN3O5S/c1-17-4-7-23(22(12-17)28-8-10-32-11-9-28)33-16-19(29)15-27-24(2,3)14-18-5-6-20(13-21(18)25)34(26,30)31/h4-7,12-13,19,27,29H,8-11,14-16H2,1-3H3,(H2,26,30,31)/t19-/m0/s1. The summed E-state index contributed by atoms with van der Waals surface area (Å²) in [5, 5.41) is 18.8. The molecule has 10 heteroatoms. The fourth-order valence-electron chi connectivity index (χ4n) is 3.83. The van der Waals surface area contributed by atoms with E-state index < -0.39 is 27.5 Å². The molecule has 188 valence electrons. The van der Waals surface area contributed by atoms with Gasteiger partial charge in [-0.1, -0.05) is 12.1 Å². The van der Waals surface area contributed by atoms with Gasteiger partial charge in [-0.3, -0.25) is 0 Å². The Hall–Kier alpha value is -2.24. The molecule has 0 aliphatic carbocycles. The number of ether oxygens (including phenoxy) is 2. The number of sulfonamides is 1. The zero-order valence-electron chi connectivity index (χ0n) is 19.9. The molecule has 0 spiro atoms. The summed E-state index contributed by atoms with van der Waals surface area (Å²) in [7, 11) is -3.96. The van der Waals surface area contributed by atoms with Crippen LogP contribution in [0.2, 0.25) is 0 Å². The molecule has 3 rings (SSSR count). The van der Waals surface area contributed by atoms with Gasteiger partial charge in [0.15, 0.2) is 0 Å².